The number of rotatable bonds is 36. The number of carbonyl (C=O) groups excluding carboxylic acids is 3. The summed E-state index contributed by atoms with van der Waals surface area (Å²) in [5.41, 5.74) is 0. The van der Waals surface area contributed by atoms with Gasteiger partial charge in [0.05, 0.1) is 0 Å². The molecule has 6 heteroatoms. The lowest BCUT2D eigenvalue weighted by Gasteiger charge is -2.18. The Labute approximate surface area is 285 Å². The third kappa shape index (κ3) is 33.8. The lowest BCUT2D eigenvalue weighted by Crippen LogP contribution is -2.30. The maximum absolute atomic E-state index is 12.6. The highest BCUT2D eigenvalue weighted by Gasteiger charge is 2.19. The summed E-state index contributed by atoms with van der Waals surface area (Å²) < 4.78 is 16.5. The SMILES string of the molecule is CCCCCCCCCCCCCCCCC(=O)O[C@@H](COC(=O)CCCCCCC)COC(=O)CCCCCCCCCCC. The molecule has 0 fully saturated rings. The van der Waals surface area contributed by atoms with E-state index < -0.39 is 6.10 Å². The lowest BCUT2D eigenvalue weighted by molar-refractivity contribution is -0.167. The van der Waals surface area contributed by atoms with Crippen molar-refractivity contribution in [1.29, 1.82) is 0 Å². The normalized spacial score (nSPS) is 11.8. The van der Waals surface area contributed by atoms with Crippen molar-refractivity contribution in [3.63, 3.8) is 0 Å². The van der Waals surface area contributed by atoms with E-state index in [1.165, 1.54) is 116 Å². The van der Waals surface area contributed by atoms with Crippen molar-refractivity contribution in [1.82, 2.24) is 0 Å². The monoisotopic (exact) mass is 653 g/mol. The Morgan fingerprint density at radius 1 is 0.348 bits per heavy atom. The van der Waals surface area contributed by atoms with E-state index in [1.54, 1.807) is 0 Å². The lowest BCUT2D eigenvalue weighted by atomic mass is 10.0. The first-order valence-corrected chi connectivity index (χ1v) is 20.0. The van der Waals surface area contributed by atoms with Gasteiger partial charge in [0.25, 0.3) is 0 Å². The Kier molecular flexibility index (Phi) is 35.0. The van der Waals surface area contributed by atoms with E-state index in [1.807, 2.05) is 0 Å². The van der Waals surface area contributed by atoms with Crippen LogP contribution in [0.1, 0.15) is 220 Å². The second-order valence-electron chi connectivity index (χ2n) is 13.6. The summed E-state index contributed by atoms with van der Waals surface area (Å²) in [4.78, 5) is 37.2. The molecule has 46 heavy (non-hydrogen) atoms. The van der Waals surface area contributed by atoms with Crippen LogP contribution in [0.25, 0.3) is 0 Å². The van der Waals surface area contributed by atoms with Crippen molar-refractivity contribution in [2.24, 2.45) is 0 Å². The molecule has 0 radical (unpaired) electrons. The molecule has 0 aromatic carbocycles. The third-order valence-electron chi connectivity index (χ3n) is 8.86. The Hall–Kier alpha value is -1.59. The van der Waals surface area contributed by atoms with Gasteiger partial charge < -0.3 is 14.2 Å². The van der Waals surface area contributed by atoms with Crippen LogP contribution in [0.2, 0.25) is 0 Å². The van der Waals surface area contributed by atoms with Crippen LogP contribution in [0, 0.1) is 0 Å². The number of carbonyl (C=O) groups is 3. The van der Waals surface area contributed by atoms with Gasteiger partial charge in [-0.05, 0) is 19.3 Å². The van der Waals surface area contributed by atoms with Gasteiger partial charge in [-0.3, -0.25) is 14.4 Å². The van der Waals surface area contributed by atoms with Crippen molar-refractivity contribution < 1.29 is 28.6 Å². The van der Waals surface area contributed by atoms with Crippen LogP contribution in [-0.2, 0) is 28.6 Å². The predicted octanol–water partition coefficient (Wildman–Crippen LogP) is 12.1. The molecule has 0 amide bonds. The molecule has 0 heterocycles. The molecular weight excluding hydrogens is 576 g/mol. The number of esters is 3. The molecule has 0 aliphatic rings. The van der Waals surface area contributed by atoms with Crippen LogP contribution in [0.5, 0.6) is 0 Å². The highest BCUT2D eigenvalue weighted by molar-refractivity contribution is 5.71. The van der Waals surface area contributed by atoms with Crippen molar-refractivity contribution in [3.05, 3.63) is 0 Å². The standard InChI is InChI=1S/C40H76O6/c1-4-7-10-13-15-17-18-19-20-21-23-25-28-31-34-40(43)46-37(35-44-38(41)32-29-26-12-9-6-3)36-45-39(42)33-30-27-24-22-16-14-11-8-5-2/h37H,4-36H2,1-3H3/t37-/m0/s1. The maximum Gasteiger partial charge on any atom is 0.306 e. The topological polar surface area (TPSA) is 78.9 Å². The van der Waals surface area contributed by atoms with Gasteiger partial charge in [-0.15, -0.1) is 0 Å². The van der Waals surface area contributed by atoms with E-state index in [-0.39, 0.29) is 31.1 Å². The van der Waals surface area contributed by atoms with Crippen molar-refractivity contribution in [3.8, 4) is 0 Å². The quantitative estimate of drug-likeness (QED) is 0.0381. The maximum atomic E-state index is 12.6. The number of unbranched alkanes of at least 4 members (excludes halogenated alkanes) is 25. The van der Waals surface area contributed by atoms with Crippen LogP contribution >= 0.6 is 0 Å². The van der Waals surface area contributed by atoms with E-state index in [2.05, 4.69) is 20.8 Å². The average Bonchev–Trinajstić information content (AvgIpc) is 3.05. The van der Waals surface area contributed by atoms with E-state index in [0.29, 0.717) is 19.3 Å². The fourth-order valence-corrected chi connectivity index (χ4v) is 5.79. The average molecular weight is 653 g/mol. The highest BCUT2D eigenvalue weighted by Crippen LogP contribution is 2.15. The second-order valence-corrected chi connectivity index (χ2v) is 13.6. The van der Waals surface area contributed by atoms with Gasteiger partial charge in [0.1, 0.15) is 13.2 Å². The molecule has 0 aliphatic carbocycles. The third-order valence-corrected chi connectivity index (χ3v) is 8.86. The first-order valence-electron chi connectivity index (χ1n) is 20.0. The summed E-state index contributed by atoms with van der Waals surface area (Å²) in [5, 5.41) is 0. The summed E-state index contributed by atoms with van der Waals surface area (Å²) >= 11 is 0. The zero-order valence-corrected chi connectivity index (χ0v) is 30.9. The summed E-state index contributed by atoms with van der Waals surface area (Å²) in [6, 6.07) is 0. The van der Waals surface area contributed by atoms with Gasteiger partial charge in [0.2, 0.25) is 0 Å². The van der Waals surface area contributed by atoms with Crippen LogP contribution in [0.4, 0.5) is 0 Å². The molecule has 272 valence electrons. The zero-order valence-electron chi connectivity index (χ0n) is 30.9. The minimum absolute atomic E-state index is 0.0650. The van der Waals surface area contributed by atoms with Gasteiger partial charge in [-0.1, -0.05) is 181 Å². The van der Waals surface area contributed by atoms with Crippen molar-refractivity contribution in [2.45, 2.75) is 226 Å². The summed E-state index contributed by atoms with van der Waals surface area (Å²) in [6.45, 7) is 6.53. The minimum Gasteiger partial charge on any atom is -0.462 e. The van der Waals surface area contributed by atoms with E-state index in [0.717, 1.165) is 64.2 Å². The van der Waals surface area contributed by atoms with Crippen LogP contribution < -0.4 is 0 Å². The molecule has 0 spiro atoms. The molecule has 0 saturated carbocycles. The molecule has 0 unspecified atom stereocenters. The van der Waals surface area contributed by atoms with Gasteiger partial charge in [0, 0.05) is 19.3 Å². The van der Waals surface area contributed by atoms with Crippen LogP contribution in [-0.4, -0.2) is 37.2 Å². The second kappa shape index (κ2) is 36.2. The summed E-state index contributed by atoms with van der Waals surface area (Å²) in [5.74, 6) is -0.877. The van der Waals surface area contributed by atoms with E-state index in [9.17, 15) is 14.4 Å². The molecule has 0 saturated heterocycles. The molecule has 0 bridgehead atoms. The number of hydrogen-bond acceptors (Lipinski definition) is 6. The van der Waals surface area contributed by atoms with Gasteiger partial charge in [-0.2, -0.15) is 0 Å². The molecule has 1 atom stereocenters. The zero-order chi connectivity index (χ0) is 33.8. The van der Waals surface area contributed by atoms with E-state index in [4.69, 9.17) is 14.2 Å². The summed E-state index contributed by atoms with van der Waals surface area (Å²) in [7, 11) is 0. The molecule has 0 aliphatic heterocycles. The smallest absolute Gasteiger partial charge is 0.306 e. The molecule has 0 N–H and O–H groups in total. The first-order chi connectivity index (χ1) is 22.5. The van der Waals surface area contributed by atoms with Gasteiger partial charge >= 0.3 is 17.9 Å². The van der Waals surface area contributed by atoms with Crippen molar-refractivity contribution in [2.75, 3.05) is 13.2 Å². The molecule has 0 aromatic heterocycles. The first kappa shape index (κ1) is 44.4. The number of ether oxygens (including phenoxy) is 3. The fraction of sp³-hybridized carbons (Fsp3) is 0.925. The Morgan fingerprint density at radius 3 is 0.870 bits per heavy atom. The van der Waals surface area contributed by atoms with Gasteiger partial charge in [0.15, 0.2) is 6.10 Å². The van der Waals surface area contributed by atoms with E-state index >= 15 is 0 Å². The highest BCUT2D eigenvalue weighted by atomic mass is 16.6. The number of hydrogen-bond donors (Lipinski definition) is 0. The Bertz CT molecular complexity index is 679. The Balaban J connectivity index is 4.23. The van der Waals surface area contributed by atoms with Crippen molar-refractivity contribution >= 4 is 17.9 Å². The predicted molar refractivity (Wildman–Crippen MR) is 192 cm³/mol. The fourth-order valence-electron chi connectivity index (χ4n) is 5.79. The summed E-state index contributed by atoms with van der Waals surface area (Å²) in [6.07, 6.45) is 34.0. The largest absolute Gasteiger partial charge is 0.462 e. The van der Waals surface area contributed by atoms with Crippen LogP contribution in [0.3, 0.4) is 0 Å². The minimum atomic E-state index is -0.754. The molecule has 0 aromatic rings. The Morgan fingerprint density at radius 2 is 0.587 bits per heavy atom. The van der Waals surface area contributed by atoms with Crippen LogP contribution in [0.15, 0.2) is 0 Å². The molecule has 6 nitrogen and oxygen atoms in total. The molecule has 0 rings (SSSR count). The molecular formula is C40H76O6. The van der Waals surface area contributed by atoms with Gasteiger partial charge in [-0.25, -0.2) is 0 Å².